The van der Waals surface area contributed by atoms with Crippen LogP contribution in [0.3, 0.4) is 0 Å². The number of ketones is 1. The zero-order valence-corrected chi connectivity index (χ0v) is 22.6. The Balaban J connectivity index is 1.63. The van der Waals surface area contributed by atoms with E-state index < -0.39 is 6.04 Å². The van der Waals surface area contributed by atoms with Crippen LogP contribution >= 0.6 is 11.6 Å². The van der Waals surface area contributed by atoms with Gasteiger partial charge >= 0.3 is 0 Å². The van der Waals surface area contributed by atoms with Gasteiger partial charge in [-0.3, -0.25) is 14.5 Å². The fourth-order valence-corrected chi connectivity index (χ4v) is 5.71. The predicted octanol–water partition coefficient (Wildman–Crippen LogP) is 7.83. The average Bonchev–Trinajstić information content (AvgIpc) is 3.08. The molecule has 38 heavy (non-hydrogen) atoms. The van der Waals surface area contributed by atoms with E-state index in [0.29, 0.717) is 29.9 Å². The summed E-state index contributed by atoms with van der Waals surface area (Å²) in [6.45, 7) is 2.13. The van der Waals surface area contributed by atoms with Gasteiger partial charge in [0.1, 0.15) is 5.75 Å². The van der Waals surface area contributed by atoms with E-state index in [9.17, 15) is 9.59 Å². The predicted molar refractivity (Wildman–Crippen MR) is 153 cm³/mol. The third kappa shape index (κ3) is 5.21. The lowest BCUT2D eigenvalue weighted by atomic mass is 9.78. The molecule has 0 unspecified atom stereocenters. The third-order valence-corrected chi connectivity index (χ3v) is 7.78. The number of methoxy groups -OCH3 is 1. The lowest BCUT2D eigenvalue weighted by Crippen LogP contribution is -2.38. The van der Waals surface area contributed by atoms with Crippen LogP contribution < -0.4 is 15.0 Å². The molecular formula is C32H33ClN2O3. The van der Waals surface area contributed by atoms with Crippen molar-refractivity contribution in [3.63, 3.8) is 0 Å². The maximum absolute atomic E-state index is 14.0. The topological polar surface area (TPSA) is 58.6 Å². The van der Waals surface area contributed by atoms with Crippen LogP contribution in [0.2, 0.25) is 5.02 Å². The van der Waals surface area contributed by atoms with Crippen LogP contribution in [-0.4, -0.2) is 18.8 Å². The first-order valence-electron chi connectivity index (χ1n) is 13.3. The number of amides is 1. The number of carbonyl (C=O) groups is 2. The number of fused-ring (bicyclic) bond motifs is 1. The van der Waals surface area contributed by atoms with Gasteiger partial charge in [0.05, 0.1) is 24.5 Å². The van der Waals surface area contributed by atoms with Crippen LogP contribution in [0.4, 0.5) is 11.4 Å². The highest BCUT2D eigenvalue weighted by Crippen LogP contribution is 2.47. The van der Waals surface area contributed by atoms with E-state index in [2.05, 4.69) is 12.2 Å². The van der Waals surface area contributed by atoms with Gasteiger partial charge < -0.3 is 10.1 Å². The number of unbranched alkanes of at least 4 members (excludes halogenated alkanes) is 2. The molecule has 0 radical (unpaired) electrons. The number of halogens is 1. The third-order valence-electron chi connectivity index (χ3n) is 7.52. The van der Waals surface area contributed by atoms with E-state index >= 15 is 0 Å². The molecule has 3 aromatic rings. The zero-order valence-electron chi connectivity index (χ0n) is 21.9. The number of anilines is 2. The normalized spacial score (nSPS) is 18.8. The monoisotopic (exact) mass is 528 g/mol. The molecule has 1 heterocycles. The molecule has 0 spiro atoms. The summed E-state index contributed by atoms with van der Waals surface area (Å²) in [7, 11) is 1.65. The number of hydrogen-bond acceptors (Lipinski definition) is 4. The molecule has 5 nitrogen and oxygen atoms in total. The number of Topliss-reactive ketones (excluding diaryl/α,β-unsaturated/α-hetero) is 1. The number of para-hydroxylation sites is 2. The van der Waals surface area contributed by atoms with E-state index in [0.717, 1.165) is 53.2 Å². The van der Waals surface area contributed by atoms with Crippen molar-refractivity contribution >= 4 is 34.7 Å². The van der Waals surface area contributed by atoms with Gasteiger partial charge in [-0.2, -0.15) is 0 Å². The molecule has 5 rings (SSSR count). The van der Waals surface area contributed by atoms with E-state index in [-0.39, 0.29) is 17.6 Å². The minimum absolute atomic E-state index is 0.0199. The Labute approximate surface area is 229 Å². The summed E-state index contributed by atoms with van der Waals surface area (Å²) in [5, 5.41) is 4.21. The summed E-state index contributed by atoms with van der Waals surface area (Å²) in [5.41, 5.74) is 5.14. The van der Waals surface area contributed by atoms with Gasteiger partial charge in [0.2, 0.25) is 5.91 Å². The number of carbonyl (C=O) groups excluding carboxylic acids is 2. The van der Waals surface area contributed by atoms with Crippen molar-refractivity contribution in [2.75, 3.05) is 17.3 Å². The fraction of sp³-hybridized carbons (Fsp3) is 0.312. The molecule has 1 amide bonds. The van der Waals surface area contributed by atoms with E-state index in [1.807, 2.05) is 77.7 Å². The molecule has 0 aromatic heterocycles. The minimum Gasteiger partial charge on any atom is -0.497 e. The highest BCUT2D eigenvalue weighted by molar-refractivity contribution is 6.30. The van der Waals surface area contributed by atoms with Crippen LogP contribution in [0.1, 0.15) is 68.5 Å². The van der Waals surface area contributed by atoms with Crippen LogP contribution in [0.25, 0.3) is 0 Å². The molecule has 1 N–H and O–H groups in total. The molecule has 1 aliphatic heterocycles. The van der Waals surface area contributed by atoms with Crippen LogP contribution in [0.5, 0.6) is 5.75 Å². The molecule has 2 aliphatic rings. The zero-order chi connectivity index (χ0) is 26.6. The van der Waals surface area contributed by atoms with Gasteiger partial charge in [-0.25, -0.2) is 0 Å². The van der Waals surface area contributed by atoms with Crippen molar-refractivity contribution in [2.24, 2.45) is 0 Å². The molecule has 196 valence electrons. The van der Waals surface area contributed by atoms with Gasteiger partial charge in [-0.1, -0.05) is 67.8 Å². The number of hydrogen-bond donors (Lipinski definition) is 1. The lowest BCUT2D eigenvalue weighted by Gasteiger charge is -2.35. The van der Waals surface area contributed by atoms with Crippen molar-refractivity contribution in [3.8, 4) is 5.75 Å². The summed E-state index contributed by atoms with van der Waals surface area (Å²) in [5.74, 6) is 0.895. The first-order chi connectivity index (χ1) is 18.5. The van der Waals surface area contributed by atoms with Crippen molar-refractivity contribution in [3.05, 3.63) is 100 Å². The smallest absolute Gasteiger partial charge is 0.227 e. The maximum Gasteiger partial charge on any atom is 0.227 e. The van der Waals surface area contributed by atoms with Gasteiger partial charge in [0, 0.05) is 29.1 Å². The van der Waals surface area contributed by atoms with Crippen molar-refractivity contribution in [1.82, 2.24) is 0 Å². The molecule has 3 aromatic carbocycles. The van der Waals surface area contributed by atoms with Crippen molar-refractivity contribution in [2.45, 2.75) is 57.4 Å². The Morgan fingerprint density at radius 2 is 1.68 bits per heavy atom. The fourth-order valence-electron chi connectivity index (χ4n) is 5.58. The van der Waals surface area contributed by atoms with Gasteiger partial charge in [0.25, 0.3) is 0 Å². The molecule has 0 bridgehead atoms. The Kier molecular flexibility index (Phi) is 7.85. The number of nitrogens with zero attached hydrogens (tertiary/aromatic N) is 1. The number of allylic oxidation sites excluding steroid dienone is 1. The van der Waals surface area contributed by atoms with Crippen molar-refractivity contribution < 1.29 is 14.3 Å². The lowest BCUT2D eigenvalue weighted by molar-refractivity contribution is -0.119. The van der Waals surface area contributed by atoms with Gasteiger partial charge in [0.15, 0.2) is 5.78 Å². The maximum atomic E-state index is 14.0. The Morgan fingerprint density at radius 3 is 2.39 bits per heavy atom. The highest BCUT2D eigenvalue weighted by atomic mass is 35.5. The second kappa shape index (κ2) is 11.4. The number of rotatable bonds is 7. The Morgan fingerprint density at radius 1 is 0.974 bits per heavy atom. The SMILES string of the molecule is CCCCCC(=O)N1c2ccccc2NC2=C(C(=O)C[C@@H](c3ccc(OC)cc3)C2)[C@H]1c1ccc(Cl)cc1. The van der Waals surface area contributed by atoms with E-state index in [4.69, 9.17) is 16.3 Å². The average molecular weight is 529 g/mol. The number of nitrogens with one attached hydrogen (secondary N) is 1. The summed E-state index contributed by atoms with van der Waals surface area (Å²) in [4.78, 5) is 29.8. The molecule has 0 saturated carbocycles. The van der Waals surface area contributed by atoms with Crippen LogP contribution in [0, 0.1) is 0 Å². The summed E-state index contributed by atoms with van der Waals surface area (Å²) in [6.07, 6.45) is 4.31. The van der Waals surface area contributed by atoms with Crippen LogP contribution in [-0.2, 0) is 9.59 Å². The largest absolute Gasteiger partial charge is 0.497 e. The molecule has 1 aliphatic carbocycles. The molecular weight excluding hydrogens is 496 g/mol. The molecule has 0 fully saturated rings. The Bertz CT molecular complexity index is 1350. The molecule has 0 saturated heterocycles. The van der Waals surface area contributed by atoms with Crippen molar-refractivity contribution in [1.29, 1.82) is 0 Å². The van der Waals surface area contributed by atoms with Gasteiger partial charge in [-0.05, 0) is 66.3 Å². The second-order valence-corrected chi connectivity index (χ2v) is 10.4. The minimum atomic E-state index is -0.531. The van der Waals surface area contributed by atoms with E-state index in [1.165, 1.54) is 0 Å². The quantitative estimate of drug-likeness (QED) is 0.317. The van der Waals surface area contributed by atoms with Crippen LogP contribution in [0.15, 0.2) is 84.1 Å². The van der Waals surface area contributed by atoms with E-state index in [1.54, 1.807) is 7.11 Å². The standard InChI is InChI=1S/C32H33ClN2O3/c1-3-4-5-10-30(37)35-28-9-7-6-8-26(28)34-27-19-23(21-13-17-25(38-2)18-14-21)20-29(36)31(27)32(35)22-11-15-24(33)16-12-22/h6-9,11-18,23,32,34H,3-5,10,19-20H2,1-2H3/t23-,32+/m0/s1. The summed E-state index contributed by atoms with van der Waals surface area (Å²) in [6, 6.07) is 22.8. The first-order valence-corrected chi connectivity index (χ1v) is 13.7. The molecule has 2 atom stereocenters. The number of benzene rings is 3. The summed E-state index contributed by atoms with van der Waals surface area (Å²) < 4.78 is 5.32. The Hall–Kier alpha value is -3.57. The summed E-state index contributed by atoms with van der Waals surface area (Å²) >= 11 is 6.24. The highest BCUT2D eigenvalue weighted by Gasteiger charge is 2.41. The second-order valence-electron chi connectivity index (χ2n) is 10.0. The number of ether oxygens (including phenoxy) is 1. The first kappa shape index (κ1) is 26.1. The molecule has 6 heteroatoms. The van der Waals surface area contributed by atoms with Gasteiger partial charge in [-0.15, -0.1) is 0 Å².